The molecule has 39 heteroatoms. The summed E-state index contributed by atoms with van der Waals surface area (Å²) >= 11 is 18.1. The Labute approximate surface area is 826 Å². The lowest BCUT2D eigenvalue weighted by atomic mass is 9.74. The van der Waals surface area contributed by atoms with E-state index >= 15 is 8.78 Å². The number of methoxy groups -OCH3 is 3. The van der Waals surface area contributed by atoms with Crippen molar-refractivity contribution >= 4 is 89.1 Å². The Kier molecular flexibility index (Phi) is 50.8. The molecule has 772 valence electrons. The molecule has 0 bridgehead atoms. The number of alkyl carbamates (subject to hydrolysis) is 5. The van der Waals surface area contributed by atoms with Crippen LogP contribution in [0, 0.1) is 74.4 Å². The first-order valence-electron chi connectivity index (χ1n) is 48.6. The lowest BCUT2D eigenvalue weighted by molar-refractivity contribution is -0.384. The van der Waals surface area contributed by atoms with Crippen LogP contribution in [-0.2, 0) is 40.5 Å². The van der Waals surface area contributed by atoms with Gasteiger partial charge in [0.2, 0.25) is 0 Å². The van der Waals surface area contributed by atoms with Gasteiger partial charge in [-0.05, 0) is 192 Å². The number of nitrogens with two attached hydrogens (primary N) is 1. The Morgan fingerprint density at radius 3 is 1.19 bits per heavy atom. The standard InChI is InChI=1S/C32H50ClFN4O6.C27H42ClFN4O4.C21H31N3O6.C17H24ClFN2O3.C2H3N/c1-31(2,3)44-30(41)37-24(19-22-11-6-5-7-12-22)20-36-28(39)38-18-9-13-23(21-38)32(42,16-10-17-35-29(40)43-4)25-14-8-15-26(33)27(25)34;1-37-26(35)31-14-7-13-27(36,22-11-5-12-23(28)24(22)29)20-10-6-15-33(18-20)25(34)32-17-21(30)16-19-8-3-2-4-9-19;1-21(2,3)30-20(26)23-16(13-15-7-5-4-6-8-15)14-22-19(25)29-18-11-9-17(10-12-18)24(27)28;1-24-16(22)21-10-4-8-17(23,12-5-3-9-20-11-12)13-6-2-7-14(18)15(13)19;1-2-3/h8,14-15,22-24,42H,5-7,9-13,16-21H2,1-4H3,(H,35,40)(H,36,39)(H,37,41);5,11-12,19-21,36H,2-4,6-10,13-18,30H2,1H3,(H,31,35)(H,32,34);9-12,15-16H,4-8,13-14H2,1-3H3,(H,22,25)(H,23,26);2,6-7,12,20,23H,3-5,8-11H2,1H3,(H,21,22);1H3/t23-,24+,32+;20-,21+,27+;16-;12-,17+;/m1101./s1. The van der Waals surface area contributed by atoms with Gasteiger partial charge in [0.05, 0.1) is 64.2 Å². The number of non-ortho nitro benzene ring substituents is 1. The summed E-state index contributed by atoms with van der Waals surface area (Å²) < 4.78 is 74.6. The van der Waals surface area contributed by atoms with E-state index in [9.17, 15) is 68.2 Å². The minimum Gasteiger partial charge on any atom is -0.453 e. The topological polar surface area (TPSA) is 460 Å². The number of nitrogens with one attached hydrogen (secondary N) is 9. The highest BCUT2D eigenvalue weighted by molar-refractivity contribution is 6.31. The molecule has 3 aliphatic carbocycles. The monoisotopic (exact) mass is 2000 g/mol. The van der Waals surface area contributed by atoms with Crippen LogP contribution < -0.4 is 58.3 Å². The number of rotatable bonds is 34. The van der Waals surface area contributed by atoms with Crippen LogP contribution in [0.2, 0.25) is 15.1 Å². The number of piperidine rings is 3. The lowest BCUT2D eigenvalue weighted by Crippen LogP contribution is -2.53. The average Bonchev–Trinajstić information content (AvgIpc) is 0.774. The summed E-state index contributed by atoms with van der Waals surface area (Å²) in [7, 11) is 3.83. The van der Waals surface area contributed by atoms with Crippen molar-refractivity contribution in [2.75, 3.05) is 99.9 Å². The van der Waals surface area contributed by atoms with Crippen molar-refractivity contribution in [2.45, 2.75) is 287 Å². The molecule has 6 aliphatic rings. The first-order chi connectivity index (χ1) is 65.6. The summed E-state index contributed by atoms with van der Waals surface area (Å²) in [5, 5.41) is 78.6. The molecule has 10 rings (SSSR count). The summed E-state index contributed by atoms with van der Waals surface area (Å²) in [6.45, 7) is 16.9. The van der Waals surface area contributed by atoms with E-state index in [0.29, 0.717) is 102 Å². The molecule has 0 aromatic heterocycles. The lowest BCUT2D eigenvalue weighted by Gasteiger charge is -2.43. The third kappa shape index (κ3) is 40.5. The molecular weight excluding hydrogens is 1850 g/mol. The third-order valence-corrected chi connectivity index (χ3v) is 26.7. The number of aliphatic hydroxyl groups is 3. The number of hydrogen-bond acceptors (Lipinski definition) is 22. The Balaban J connectivity index is 0.000000285. The first-order valence-corrected chi connectivity index (χ1v) is 49.7. The predicted octanol–water partition coefficient (Wildman–Crippen LogP) is 18.5. The first kappa shape index (κ1) is 117. The zero-order valence-corrected chi connectivity index (χ0v) is 84.2. The predicted molar refractivity (Wildman–Crippen MR) is 522 cm³/mol. The highest BCUT2D eigenvalue weighted by atomic mass is 35.5. The van der Waals surface area contributed by atoms with Gasteiger partial charge in [-0.2, -0.15) is 5.26 Å². The van der Waals surface area contributed by atoms with Crippen LogP contribution in [0.5, 0.6) is 5.75 Å². The maximum atomic E-state index is 15.3. The molecule has 3 saturated heterocycles. The molecule has 33 nitrogen and oxygen atoms in total. The molecule has 4 aromatic carbocycles. The molecule has 3 aliphatic heterocycles. The molecule has 4 aromatic rings. The van der Waals surface area contributed by atoms with E-state index in [2.05, 4.69) is 62.1 Å². The van der Waals surface area contributed by atoms with Crippen molar-refractivity contribution in [3.63, 3.8) is 0 Å². The number of halogens is 6. The van der Waals surface area contributed by atoms with Crippen LogP contribution in [0.15, 0.2) is 78.9 Å². The molecule has 3 heterocycles. The van der Waals surface area contributed by atoms with Crippen molar-refractivity contribution in [1.29, 1.82) is 5.26 Å². The number of hydrogen-bond donors (Lipinski definition) is 13. The number of ether oxygens (including phenoxy) is 6. The minimum atomic E-state index is -1.63. The summed E-state index contributed by atoms with van der Waals surface area (Å²) in [6, 6.07) is 19.6. The number of nitro benzene ring substituents is 1. The van der Waals surface area contributed by atoms with Crippen molar-refractivity contribution in [2.24, 2.45) is 41.2 Å². The second-order valence-electron chi connectivity index (χ2n) is 38.5. The molecule has 3 saturated carbocycles. The molecule has 9 atom stereocenters. The van der Waals surface area contributed by atoms with E-state index in [-0.39, 0.29) is 131 Å². The number of carbonyl (C=O) groups is 8. The molecule has 0 unspecified atom stereocenters. The third-order valence-electron chi connectivity index (χ3n) is 25.8. The molecule has 14 N–H and O–H groups in total. The summed E-state index contributed by atoms with van der Waals surface area (Å²) in [6.07, 6.45) is 22.9. The van der Waals surface area contributed by atoms with E-state index in [0.717, 1.165) is 64.3 Å². The second-order valence-corrected chi connectivity index (χ2v) is 39.8. The Morgan fingerprint density at radius 1 is 0.493 bits per heavy atom. The van der Waals surface area contributed by atoms with Gasteiger partial charge in [0.25, 0.3) is 5.69 Å². The van der Waals surface area contributed by atoms with Crippen molar-refractivity contribution in [3.05, 3.63) is 138 Å². The highest BCUT2D eigenvalue weighted by Gasteiger charge is 2.47. The van der Waals surface area contributed by atoms with Crippen molar-refractivity contribution in [1.82, 2.24) is 57.7 Å². The van der Waals surface area contributed by atoms with Crippen molar-refractivity contribution in [3.8, 4) is 11.8 Å². The van der Waals surface area contributed by atoms with Crippen molar-refractivity contribution < 1.29 is 100 Å². The summed E-state index contributed by atoms with van der Waals surface area (Å²) in [4.78, 5) is 111. The Bertz CT molecular complexity index is 4480. The Hall–Kier alpha value is -9.61. The number of benzene rings is 4. The van der Waals surface area contributed by atoms with E-state index in [1.165, 1.54) is 153 Å². The van der Waals surface area contributed by atoms with Gasteiger partial charge in [0.15, 0.2) is 0 Å². The number of likely N-dealkylation sites (tertiary alicyclic amines) is 2. The fourth-order valence-corrected chi connectivity index (χ4v) is 19.5. The zero-order valence-electron chi connectivity index (χ0n) is 81.9. The number of nitriles is 1. The second kappa shape index (κ2) is 59.9. The van der Waals surface area contributed by atoms with Gasteiger partial charge in [-0.1, -0.05) is 168 Å². The van der Waals surface area contributed by atoms with E-state index in [1.54, 1.807) is 60.9 Å². The van der Waals surface area contributed by atoms with Crippen LogP contribution in [0.3, 0.4) is 0 Å². The fraction of sp³-hybridized carbons (Fsp3) is 0.667. The maximum Gasteiger partial charge on any atom is 0.412 e. The largest absolute Gasteiger partial charge is 0.453 e. The molecule has 10 amide bonds. The zero-order chi connectivity index (χ0) is 102. The smallest absolute Gasteiger partial charge is 0.412 e. The molecular formula is C99H150Cl3F3N14O19. The quantitative estimate of drug-likeness (QED) is 0.00894. The maximum absolute atomic E-state index is 15.3. The van der Waals surface area contributed by atoms with Crippen LogP contribution >= 0.6 is 34.8 Å². The normalized spacial score (nSPS) is 19.0. The van der Waals surface area contributed by atoms with E-state index < -0.39 is 98.8 Å². The van der Waals surface area contributed by atoms with E-state index in [4.69, 9.17) is 60.0 Å². The van der Waals surface area contributed by atoms with Crippen LogP contribution in [-0.4, -0.2) is 208 Å². The van der Waals surface area contributed by atoms with Gasteiger partial charge in [-0.25, -0.2) is 51.5 Å². The van der Waals surface area contributed by atoms with Gasteiger partial charge in [0, 0.05) is 144 Å². The van der Waals surface area contributed by atoms with Gasteiger partial charge in [-0.3, -0.25) is 10.1 Å². The number of amides is 10. The van der Waals surface area contributed by atoms with Gasteiger partial charge in [-0.15, -0.1) is 0 Å². The number of carbonyl (C=O) groups excluding carboxylic acids is 8. The van der Waals surface area contributed by atoms with Crippen LogP contribution in [0.1, 0.15) is 258 Å². The molecule has 0 spiro atoms. The highest BCUT2D eigenvalue weighted by Crippen LogP contribution is 2.46. The number of nitrogens with zero attached hydrogens (tertiary/aromatic N) is 4. The number of urea groups is 2. The molecule has 6 fully saturated rings. The Morgan fingerprint density at radius 2 is 0.841 bits per heavy atom. The summed E-state index contributed by atoms with van der Waals surface area (Å²) in [5.41, 5.74) is 0.862. The molecule has 0 radical (unpaired) electrons. The van der Waals surface area contributed by atoms with Crippen LogP contribution in [0.25, 0.3) is 0 Å². The van der Waals surface area contributed by atoms with Gasteiger partial charge < -0.3 is 107 Å². The van der Waals surface area contributed by atoms with Gasteiger partial charge >= 0.3 is 48.6 Å². The molecule has 138 heavy (non-hydrogen) atoms. The minimum absolute atomic E-state index is 0.00220. The SMILES string of the molecule is CC#N.CC(C)(C)OC(=O)N[C@H](CNC(=O)Oc1ccc([N+](=O)[O-])cc1)CC1CCCCC1.COC(=O)NCCC[C@@](O)(c1cccc(Cl)c1F)[C@@H]1CCCN(C(=O)NC[C@@H](N)CC2CCCCC2)C1.COC(=O)NCCC[C@@](O)(c1cccc(Cl)c1F)[C@@H]1CCCN(C(=O)NC[C@H](CC2CCCCC2)NC(=O)OC(C)(C)C)C1.COC(=O)NCCC[C@@](O)(c1cccc(Cl)c1F)[C@@H]1CCCNC1. The van der Waals surface area contributed by atoms with Crippen LogP contribution in [0.4, 0.5) is 57.2 Å². The van der Waals surface area contributed by atoms with Gasteiger partial charge in [0.1, 0.15) is 34.4 Å². The number of nitro groups is 1. The average molecular weight is 2000 g/mol. The fourth-order valence-electron chi connectivity index (χ4n) is 19.0. The van der Waals surface area contributed by atoms with E-state index in [1.807, 2.05) is 20.8 Å². The summed E-state index contributed by atoms with van der Waals surface area (Å²) in [5.74, 6) is -1.15.